The quantitative estimate of drug-likeness (QED) is 0.270. The van der Waals surface area contributed by atoms with Gasteiger partial charge in [0.05, 0.1) is 0 Å². The second kappa shape index (κ2) is 16.3. The number of rotatable bonds is 12. The molecular weight excluding hydrogens is 370 g/mol. The average molecular weight is 395 g/mol. The average Bonchev–Trinajstić information content (AvgIpc) is 2.52. The fraction of sp³-hybridized carbons (Fsp3) is 0.667. The molecule has 0 rings (SSSR count). The number of hydrogen-bond acceptors (Lipinski definition) is 8. The molecule has 0 aliphatic carbocycles. The Morgan fingerprint density at radius 1 is 0.885 bits per heavy atom. The SMILES string of the molecule is CSCCC(N)C(=O)O.O=C(O)CCCC(=O)OC(=O)CCCC(=O)O. The molecule has 0 aromatic carbocycles. The van der Waals surface area contributed by atoms with Crippen LogP contribution >= 0.6 is 11.8 Å². The molecule has 26 heavy (non-hydrogen) atoms. The van der Waals surface area contributed by atoms with Crippen molar-refractivity contribution in [3.63, 3.8) is 0 Å². The van der Waals surface area contributed by atoms with Gasteiger partial charge in [0.1, 0.15) is 6.04 Å². The minimum atomic E-state index is -1.02. The number of ether oxygens (including phenoxy) is 1. The number of nitrogens with two attached hydrogens (primary N) is 1. The topological polar surface area (TPSA) is 181 Å². The normalized spacial score (nSPS) is 10.8. The molecule has 0 saturated heterocycles. The Bertz CT molecular complexity index is 452. The number of carboxylic acid groups (broad SMARTS) is 3. The summed E-state index contributed by atoms with van der Waals surface area (Å²) in [5.74, 6) is -3.72. The van der Waals surface area contributed by atoms with Crippen LogP contribution in [-0.2, 0) is 28.7 Å². The standard InChI is InChI=1S/C10H14O7.C5H11NO2S/c11-7(12)3-1-5-9(15)17-10(16)6-2-4-8(13)14;1-9-3-2-4(6)5(7)8/h1-6H2,(H,11,12)(H,13,14);4H,2-3,6H2,1H3,(H,7,8). The zero-order chi connectivity index (χ0) is 20.5. The van der Waals surface area contributed by atoms with Gasteiger partial charge in [-0.3, -0.25) is 24.0 Å². The van der Waals surface area contributed by atoms with E-state index in [4.69, 9.17) is 21.1 Å². The summed E-state index contributed by atoms with van der Waals surface area (Å²) in [5.41, 5.74) is 5.19. The highest BCUT2D eigenvalue weighted by Gasteiger charge is 2.11. The number of carboxylic acids is 3. The van der Waals surface area contributed by atoms with Crippen molar-refractivity contribution in [1.29, 1.82) is 0 Å². The zero-order valence-electron chi connectivity index (χ0n) is 14.5. The highest BCUT2D eigenvalue weighted by Crippen LogP contribution is 2.02. The van der Waals surface area contributed by atoms with Gasteiger partial charge in [0.15, 0.2) is 0 Å². The number of thioether (sulfide) groups is 1. The maximum atomic E-state index is 11.0. The molecule has 150 valence electrons. The van der Waals surface area contributed by atoms with Crippen molar-refractivity contribution in [3.05, 3.63) is 0 Å². The van der Waals surface area contributed by atoms with Crippen molar-refractivity contribution in [1.82, 2.24) is 0 Å². The Morgan fingerprint density at radius 2 is 1.31 bits per heavy atom. The fourth-order valence-electron chi connectivity index (χ4n) is 1.37. The van der Waals surface area contributed by atoms with E-state index in [2.05, 4.69) is 4.74 Å². The van der Waals surface area contributed by atoms with Crippen molar-refractivity contribution in [2.45, 2.75) is 51.0 Å². The molecule has 0 aromatic rings. The van der Waals surface area contributed by atoms with Crippen molar-refractivity contribution < 1.29 is 44.0 Å². The van der Waals surface area contributed by atoms with Gasteiger partial charge in [0.25, 0.3) is 0 Å². The predicted octanol–water partition coefficient (Wildman–Crippen LogP) is 0.717. The molecule has 0 heterocycles. The van der Waals surface area contributed by atoms with Crippen molar-refractivity contribution in [3.8, 4) is 0 Å². The Morgan fingerprint density at radius 3 is 1.62 bits per heavy atom. The Hall–Kier alpha value is -2.14. The third-order valence-electron chi connectivity index (χ3n) is 2.72. The molecule has 11 heteroatoms. The number of hydrogen-bond donors (Lipinski definition) is 4. The molecule has 0 aliphatic rings. The van der Waals surface area contributed by atoms with E-state index in [0.29, 0.717) is 6.42 Å². The first kappa shape index (κ1) is 26.1. The zero-order valence-corrected chi connectivity index (χ0v) is 15.3. The number of carbonyl (C=O) groups excluding carboxylic acids is 2. The molecule has 0 fully saturated rings. The van der Waals surface area contributed by atoms with Crippen molar-refractivity contribution >= 4 is 41.6 Å². The van der Waals surface area contributed by atoms with Crippen molar-refractivity contribution in [2.75, 3.05) is 12.0 Å². The van der Waals surface area contributed by atoms with Gasteiger partial charge < -0.3 is 25.8 Å². The van der Waals surface area contributed by atoms with E-state index in [1.807, 2.05) is 6.26 Å². The van der Waals surface area contributed by atoms with Crippen LogP contribution in [0.3, 0.4) is 0 Å². The predicted molar refractivity (Wildman–Crippen MR) is 92.7 cm³/mol. The lowest BCUT2D eigenvalue weighted by Gasteiger charge is -2.02. The van der Waals surface area contributed by atoms with Crippen LogP contribution < -0.4 is 5.73 Å². The van der Waals surface area contributed by atoms with Crippen LogP contribution in [0, 0.1) is 0 Å². The van der Waals surface area contributed by atoms with E-state index in [0.717, 1.165) is 5.75 Å². The van der Waals surface area contributed by atoms with E-state index in [1.54, 1.807) is 11.8 Å². The van der Waals surface area contributed by atoms with E-state index in [9.17, 15) is 24.0 Å². The molecule has 0 amide bonds. The van der Waals surface area contributed by atoms with Gasteiger partial charge in [-0.05, 0) is 31.3 Å². The summed E-state index contributed by atoms with van der Waals surface area (Å²) in [7, 11) is 0. The summed E-state index contributed by atoms with van der Waals surface area (Å²) < 4.78 is 4.35. The van der Waals surface area contributed by atoms with E-state index in [-0.39, 0.29) is 38.5 Å². The number of aliphatic carboxylic acids is 3. The van der Waals surface area contributed by atoms with Crippen LogP contribution in [0.5, 0.6) is 0 Å². The van der Waals surface area contributed by atoms with Gasteiger partial charge in [0.2, 0.25) is 0 Å². The summed E-state index contributed by atoms with van der Waals surface area (Å²) in [5, 5.41) is 24.9. The van der Waals surface area contributed by atoms with Gasteiger partial charge >= 0.3 is 29.8 Å². The van der Waals surface area contributed by atoms with E-state index >= 15 is 0 Å². The Kier molecular flexibility index (Phi) is 16.4. The molecule has 1 unspecified atom stereocenters. The third-order valence-corrected chi connectivity index (χ3v) is 3.36. The maximum Gasteiger partial charge on any atom is 0.320 e. The largest absolute Gasteiger partial charge is 0.481 e. The van der Waals surface area contributed by atoms with Crippen LogP contribution in [0.25, 0.3) is 0 Å². The second-order valence-corrected chi connectivity index (χ2v) is 6.05. The molecular formula is C15H25NO9S. The molecule has 0 saturated carbocycles. The smallest absolute Gasteiger partial charge is 0.320 e. The molecule has 0 radical (unpaired) electrons. The van der Waals surface area contributed by atoms with Gasteiger partial charge in [0, 0.05) is 25.7 Å². The number of esters is 2. The summed E-state index contributed by atoms with van der Waals surface area (Å²) in [6.07, 6.45) is 2.08. The molecule has 0 aliphatic heterocycles. The molecule has 10 nitrogen and oxygen atoms in total. The molecule has 5 N–H and O–H groups in total. The van der Waals surface area contributed by atoms with Crippen molar-refractivity contribution in [2.24, 2.45) is 5.73 Å². The van der Waals surface area contributed by atoms with Crippen LogP contribution in [0.2, 0.25) is 0 Å². The first-order valence-electron chi connectivity index (χ1n) is 7.74. The fourth-order valence-corrected chi connectivity index (χ4v) is 1.85. The molecule has 0 spiro atoms. The third kappa shape index (κ3) is 19.9. The minimum Gasteiger partial charge on any atom is -0.481 e. The van der Waals surface area contributed by atoms with Crippen LogP contribution in [0.15, 0.2) is 0 Å². The van der Waals surface area contributed by atoms with Gasteiger partial charge in [-0.15, -0.1) is 0 Å². The summed E-state index contributed by atoms with van der Waals surface area (Å²) in [6, 6.07) is -0.683. The van der Waals surface area contributed by atoms with Crippen LogP contribution in [-0.4, -0.2) is 63.2 Å². The lowest BCUT2D eigenvalue weighted by Crippen LogP contribution is -2.30. The molecule has 1 atom stereocenters. The van der Waals surface area contributed by atoms with E-state index in [1.165, 1.54) is 0 Å². The summed E-state index contributed by atoms with van der Waals surface area (Å²) in [4.78, 5) is 52.3. The Balaban J connectivity index is 0. The minimum absolute atomic E-state index is 0.108. The monoisotopic (exact) mass is 395 g/mol. The lowest BCUT2D eigenvalue weighted by atomic mass is 10.2. The highest BCUT2D eigenvalue weighted by atomic mass is 32.2. The summed E-state index contributed by atoms with van der Waals surface area (Å²) >= 11 is 1.60. The van der Waals surface area contributed by atoms with Gasteiger partial charge in [-0.2, -0.15) is 11.8 Å². The highest BCUT2D eigenvalue weighted by molar-refractivity contribution is 7.98. The first-order chi connectivity index (χ1) is 12.1. The van der Waals surface area contributed by atoms with Crippen LogP contribution in [0.4, 0.5) is 0 Å². The lowest BCUT2D eigenvalue weighted by molar-refractivity contribution is -0.159. The van der Waals surface area contributed by atoms with Crippen LogP contribution in [0.1, 0.15) is 44.9 Å². The summed E-state index contributed by atoms with van der Waals surface area (Å²) in [6.45, 7) is 0. The Labute approximate surface area is 155 Å². The molecule has 0 bridgehead atoms. The maximum absolute atomic E-state index is 11.0. The second-order valence-electron chi connectivity index (χ2n) is 5.07. The van der Waals surface area contributed by atoms with E-state index < -0.39 is 35.9 Å². The van der Waals surface area contributed by atoms with Gasteiger partial charge in [-0.25, -0.2) is 0 Å². The number of carbonyl (C=O) groups is 5. The van der Waals surface area contributed by atoms with Gasteiger partial charge in [-0.1, -0.05) is 0 Å². The molecule has 0 aromatic heterocycles. The first-order valence-corrected chi connectivity index (χ1v) is 9.13.